The van der Waals surface area contributed by atoms with Gasteiger partial charge in [0.2, 0.25) is 0 Å². The minimum atomic E-state index is -0.160. The molecule has 0 N–H and O–H groups in total. The number of carbonyl (C=O) groups excluding carboxylic acids is 2. The number of hydrogen-bond acceptors (Lipinski definition) is 5. The molecule has 0 saturated carbocycles. The van der Waals surface area contributed by atoms with E-state index in [0.717, 1.165) is 69.7 Å². The van der Waals surface area contributed by atoms with Gasteiger partial charge < -0.3 is 14.5 Å². The fourth-order valence-electron chi connectivity index (χ4n) is 4.28. The standard InChI is InChI=1S/C25H37N3O3/c1-5-7-8-9-14-28-24(29)22(20-10-12-21(13-11-20)31-19(3)4)23(25(28)30)27-17-15-26(6-2)16-18-27/h10-13,19H,5-9,14-18H2,1-4H3. The maximum absolute atomic E-state index is 13.4. The quantitative estimate of drug-likeness (QED) is 0.420. The third kappa shape index (κ3) is 5.48. The number of hydrogen-bond donors (Lipinski definition) is 0. The first-order valence-corrected chi connectivity index (χ1v) is 11.8. The molecule has 1 aromatic carbocycles. The third-order valence-electron chi connectivity index (χ3n) is 6.03. The molecule has 31 heavy (non-hydrogen) atoms. The van der Waals surface area contributed by atoms with Gasteiger partial charge in [0.1, 0.15) is 11.4 Å². The lowest BCUT2D eigenvalue weighted by Crippen LogP contribution is -2.47. The van der Waals surface area contributed by atoms with Crippen molar-refractivity contribution in [2.45, 2.75) is 59.5 Å². The van der Waals surface area contributed by atoms with E-state index in [1.807, 2.05) is 38.1 Å². The van der Waals surface area contributed by atoms with E-state index in [1.54, 1.807) is 0 Å². The minimum Gasteiger partial charge on any atom is -0.491 e. The molecule has 0 aliphatic carbocycles. The highest BCUT2D eigenvalue weighted by atomic mass is 16.5. The smallest absolute Gasteiger partial charge is 0.277 e. The molecule has 0 unspecified atom stereocenters. The van der Waals surface area contributed by atoms with Gasteiger partial charge in [-0.2, -0.15) is 0 Å². The molecular formula is C25H37N3O3. The van der Waals surface area contributed by atoms with Crippen molar-refractivity contribution >= 4 is 17.4 Å². The Hall–Kier alpha value is -2.34. The Kier molecular flexibility index (Phi) is 8.13. The molecule has 6 nitrogen and oxygen atoms in total. The minimum absolute atomic E-state index is 0.0868. The molecular weight excluding hydrogens is 390 g/mol. The van der Waals surface area contributed by atoms with Gasteiger partial charge in [-0.25, -0.2) is 0 Å². The average Bonchev–Trinajstić information content (AvgIpc) is 3.01. The van der Waals surface area contributed by atoms with E-state index in [0.29, 0.717) is 17.8 Å². The van der Waals surface area contributed by atoms with Crippen LogP contribution in [0.2, 0.25) is 0 Å². The van der Waals surface area contributed by atoms with Crippen LogP contribution in [0.15, 0.2) is 30.0 Å². The monoisotopic (exact) mass is 427 g/mol. The summed E-state index contributed by atoms with van der Waals surface area (Å²) in [7, 11) is 0. The lowest BCUT2D eigenvalue weighted by Gasteiger charge is -2.36. The van der Waals surface area contributed by atoms with Crippen molar-refractivity contribution in [1.82, 2.24) is 14.7 Å². The van der Waals surface area contributed by atoms with Gasteiger partial charge in [-0.05, 0) is 44.5 Å². The van der Waals surface area contributed by atoms with E-state index in [1.165, 1.54) is 4.90 Å². The number of benzene rings is 1. The number of amides is 2. The van der Waals surface area contributed by atoms with Gasteiger partial charge in [-0.3, -0.25) is 14.5 Å². The summed E-state index contributed by atoms with van der Waals surface area (Å²) in [6.07, 6.45) is 4.23. The Morgan fingerprint density at radius 3 is 2.16 bits per heavy atom. The van der Waals surface area contributed by atoms with Gasteiger partial charge in [-0.15, -0.1) is 0 Å². The second-order valence-corrected chi connectivity index (χ2v) is 8.66. The highest BCUT2D eigenvalue weighted by Gasteiger charge is 2.41. The number of piperazine rings is 1. The maximum Gasteiger partial charge on any atom is 0.277 e. The van der Waals surface area contributed by atoms with Crippen molar-refractivity contribution in [3.05, 3.63) is 35.5 Å². The molecule has 3 rings (SSSR count). The van der Waals surface area contributed by atoms with Gasteiger partial charge in [0, 0.05) is 32.7 Å². The number of rotatable bonds is 10. The van der Waals surface area contributed by atoms with Crippen LogP contribution in [0.25, 0.3) is 5.57 Å². The lowest BCUT2D eigenvalue weighted by atomic mass is 10.0. The summed E-state index contributed by atoms with van der Waals surface area (Å²) in [6.45, 7) is 13.1. The molecule has 1 fully saturated rings. The van der Waals surface area contributed by atoms with E-state index in [2.05, 4.69) is 23.6 Å². The van der Waals surface area contributed by atoms with Crippen LogP contribution in [0.4, 0.5) is 0 Å². The number of unbranched alkanes of at least 4 members (excludes halogenated alkanes) is 3. The fourth-order valence-corrected chi connectivity index (χ4v) is 4.28. The summed E-state index contributed by atoms with van der Waals surface area (Å²) in [6, 6.07) is 7.58. The Labute approximate surface area is 186 Å². The summed E-state index contributed by atoms with van der Waals surface area (Å²) in [4.78, 5) is 32.7. The van der Waals surface area contributed by atoms with Crippen LogP contribution in [0.5, 0.6) is 5.75 Å². The Balaban J connectivity index is 1.88. The largest absolute Gasteiger partial charge is 0.491 e. The summed E-state index contributed by atoms with van der Waals surface area (Å²) in [5.74, 6) is 0.474. The first kappa shape index (κ1) is 23.3. The first-order chi connectivity index (χ1) is 15.0. The summed E-state index contributed by atoms with van der Waals surface area (Å²) < 4.78 is 5.75. The fraction of sp³-hybridized carbons (Fsp3) is 0.600. The van der Waals surface area contributed by atoms with E-state index in [-0.39, 0.29) is 17.9 Å². The predicted octanol–water partition coefficient (Wildman–Crippen LogP) is 3.77. The Morgan fingerprint density at radius 2 is 1.58 bits per heavy atom. The SMILES string of the molecule is CCCCCCN1C(=O)C(c2ccc(OC(C)C)cc2)=C(N2CCN(CC)CC2)C1=O. The Morgan fingerprint density at radius 1 is 0.903 bits per heavy atom. The summed E-state index contributed by atoms with van der Waals surface area (Å²) in [5, 5.41) is 0. The zero-order valence-electron chi connectivity index (χ0n) is 19.5. The second-order valence-electron chi connectivity index (χ2n) is 8.66. The topological polar surface area (TPSA) is 53.1 Å². The van der Waals surface area contributed by atoms with Crippen molar-refractivity contribution in [3.8, 4) is 5.75 Å². The van der Waals surface area contributed by atoms with Crippen molar-refractivity contribution in [3.63, 3.8) is 0 Å². The second kappa shape index (κ2) is 10.8. The summed E-state index contributed by atoms with van der Waals surface area (Å²) in [5.41, 5.74) is 1.91. The molecule has 2 heterocycles. The van der Waals surface area contributed by atoms with E-state index in [4.69, 9.17) is 4.74 Å². The number of ether oxygens (including phenoxy) is 1. The molecule has 0 bridgehead atoms. The molecule has 0 spiro atoms. The number of likely N-dealkylation sites (N-methyl/N-ethyl adjacent to an activating group) is 1. The zero-order chi connectivity index (χ0) is 22.4. The zero-order valence-corrected chi connectivity index (χ0v) is 19.5. The first-order valence-electron chi connectivity index (χ1n) is 11.8. The normalized spacial score (nSPS) is 18.0. The number of nitrogens with zero attached hydrogens (tertiary/aromatic N) is 3. The maximum atomic E-state index is 13.4. The van der Waals surface area contributed by atoms with Crippen LogP contribution in [-0.2, 0) is 9.59 Å². The molecule has 2 aliphatic rings. The molecule has 0 atom stereocenters. The van der Waals surface area contributed by atoms with E-state index < -0.39 is 0 Å². The lowest BCUT2D eigenvalue weighted by molar-refractivity contribution is -0.137. The van der Waals surface area contributed by atoms with Crippen LogP contribution < -0.4 is 4.74 Å². The van der Waals surface area contributed by atoms with E-state index in [9.17, 15) is 9.59 Å². The third-order valence-corrected chi connectivity index (χ3v) is 6.03. The highest BCUT2D eigenvalue weighted by Crippen LogP contribution is 2.33. The van der Waals surface area contributed by atoms with Gasteiger partial charge in [0.15, 0.2) is 0 Å². The van der Waals surface area contributed by atoms with Crippen molar-refractivity contribution in [2.24, 2.45) is 0 Å². The summed E-state index contributed by atoms with van der Waals surface area (Å²) >= 11 is 0. The average molecular weight is 428 g/mol. The van der Waals surface area contributed by atoms with Gasteiger partial charge >= 0.3 is 0 Å². The van der Waals surface area contributed by atoms with E-state index >= 15 is 0 Å². The van der Waals surface area contributed by atoms with Crippen molar-refractivity contribution in [1.29, 1.82) is 0 Å². The molecule has 170 valence electrons. The predicted molar refractivity (Wildman–Crippen MR) is 124 cm³/mol. The molecule has 1 saturated heterocycles. The van der Waals surface area contributed by atoms with Crippen molar-refractivity contribution < 1.29 is 14.3 Å². The van der Waals surface area contributed by atoms with Gasteiger partial charge in [-0.1, -0.05) is 45.2 Å². The van der Waals surface area contributed by atoms with Gasteiger partial charge in [0.25, 0.3) is 11.8 Å². The molecule has 0 radical (unpaired) electrons. The van der Waals surface area contributed by atoms with Crippen LogP contribution >= 0.6 is 0 Å². The molecule has 0 aromatic heterocycles. The highest BCUT2D eigenvalue weighted by molar-refractivity contribution is 6.35. The van der Waals surface area contributed by atoms with Gasteiger partial charge in [0.05, 0.1) is 11.7 Å². The molecule has 6 heteroatoms. The molecule has 2 aliphatic heterocycles. The van der Waals surface area contributed by atoms with Crippen LogP contribution in [0, 0.1) is 0 Å². The molecule has 1 aromatic rings. The van der Waals surface area contributed by atoms with Crippen LogP contribution in [0.1, 0.15) is 58.9 Å². The van der Waals surface area contributed by atoms with Crippen LogP contribution in [0.3, 0.4) is 0 Å². The Bertz CT molecular complexity index is 793. The van der Waals surface area contributed by atoms with Crippen molar-refractivity contribution in [2.75, 3.05) is 39.3 Å². The number of imide groups is 1. The number of carbonyl (C=O) groups is 2. The van der Waals surface area contributed by atoms with Crippen LogP contribution in [-0.4, -0.2) is 71.9 Å². The molecule has 2 amide bonds.